The molecule has 0 unspecified atom stereocenters. The van der Waals surface area contributed by atoms with Crippen LogP contribution >= 0.6 is 0 Å². The molecule has 1 aromatic carbocycles. The zero-order chi connectivity index (χ0) is 19.3. The number of nitrogens with zero attached hydrogens (tertiary/aromatic N) is 3. The molecule has 1 saturated heterocycles. The molecule has 1 fully saturated rings. The number of carbonyl (C=O) groups is 1. The van der Waals surface area contributed by atoms with Crippen LogP contribution in [-0.4, -0.2) is 57.4 Å². The molecule has 2 heterocycles. The zero-order valence-electron chi connectivity index (χ0n) is 15.3. The summed E-state index contributed by atoms with van der Waals surface area (Å²) >= 11 is 0. The second-order valence-electron chi connectivity index (χ2n) is 6.42. The number of benzene rings is 1. The third-order valence-corrected chi connectivity index (χ3v) is 6.22. The average molecular weight is 388 g/mol. The van der Waals surface area contributed by atoms with Gasteiger partial charge >= 0.3 is 0 Å². The molecule has 0 atom stereocenters. The lowest BCUT2D eigenvalue weighted by atomic mass is 10.1. The van der Waals surface area contributed by atoms with E-state index >= 15 is 0 Å². The second kappa shape index (κ2) is 8.49. The molecule has 0 saturated carbocycles. The van der Waals surface area contributed by atoms with Gasteiger partial charge in [-0.2, -0.15) is 0 Å². The van der Waals surface area contributed by atoms with Gasteiger partial charge in [-0.25, -0.2) is 13.1 Å². The van der Waals surface area contributed by atoms with Gasteiger partial charge in [0.1, 0.15) is 0 Å². The SMILES string of the molecule is CNS(=O)(=O)c1ccc(CCC(=O)N2CCN(c3ccncc3)CC2)cc1. The van der Waals surface area contributed by atoms with Gasteiger partial charge < -0.3 is 9.80 Å². The first-order valence-electron chi connectivity index (χ1n) is 8.95. The molecule has 27 heavy (non-hydrogen) atoms. The van der Waals surface area contributed by atoms with Gasteiger partial charge in [-0.3, -0.25) is 9.78 Å². The van der Waals surface area contributed by atoms with Crippen molar-refractivity contribution in [2.24, 2.45) is 0 Å². The van der Waals surface area contributed by atoms with E-state index in [2.05, 4.69) is 14.6 Å². The maximum atomic E-state index is 12.5. The number of sulfonamides is 1. The highest BCUT2D eigenvalue weighted by Crippen LogP contribution is 2.16. The van der Waals surface area contributed by atoms with E-state index in [1.165, 1.54) is 7.05 Å². The Hall–Kier alpha value is -2.45. The molecule has 1 N–H and O–H groups in total. The topological polar surface area (TPSA) is 82.6 Å². The van der Waals surface area contributed by atoms with Crippen LogP contribution in [0.5, 0.6) is 0 Å². The Labute approximate surface area is 160 Å². The number of amides is 1. The highest BCUT2D eigenvalue weighted by molar-refractivity contribution is 7.89. The number of aryl methyl sites for hydroxylation is 1. The van der Waals surface area contributed by atoms with E-state index in [1.54, 1.807) is 36.7 Å². The number of hydrogen-bond donors (Lipinski definition) is 1. The Morgan fingerprint density at radius 1 is 1.04 bits per heavy atom. The summed E-state index contributed by atoms with van der Waals surface area (Å²) in [5.74, 6) is 0.135. The minimum Gasteiger partial charge on any atom is -0.368 e. The summed E-state index contributed by atoms with van der Waals surface area (Å²) in [5, 5.41) is 0. The monoisotopic (exact) mass is 388 g/mol. The summed E-state index contributed by atoms with van der Waals surface area (Å²) in [7, 11) is -2.04. The van der Waals surface area contributed by atoms with Crippen molar-refractivity contribution in [1.29, 1.82) is 0 Å². The van der Waals surface area contributed by atoms with E-state index in [0.717, 1.165) is 24.3 Å². The van der Waals surface area contributed by atoms with Crippen LogP contribution in [0.1, 0.15) is 12.0 Å². The van der Waals surface area contributed by atoms with E-state index < -0.39 is 10.0 Å². The lowest BCUT2D eigenvalue weighted by Gasteiger charge is -2.36. The zero-order valence-corrected chi connectivity index (χ0v) is 16.2. The van der Waals surface area contributed by atoms with E-state index in [0.29, 0.717) is 25.9 Å². The van der Waals surface area contributed by atoms with Gasteiger partial charge in [-0.05, 0) is 43.3 Å². The summed E-state index contributed by atoms with van der Waals surface area (Å²) < 4.78 is 25.8. The van der Waals surface area contributed by atoms with E-state index in [-0.39, 0.29) is 10.8 Å². The molecule has 1 amide bonds. The van der Waals surface area contributed by atoms with Crippen LogP contribution in [0, 0.1) is 0 Å². The summed E-state index contributed by atoms with van der Waals surface area (Å²) in [6.07, 6.45) is 4.58. The molecule has 7 nitrogen and oxygen atoms in total. The maximum absolute atomic E-state index is 12.5. The Morgan fingerprint density at radius 2 is 1.67 bits per heavy atom. The van der Waals surface area contributed by atoms with Crippen molar-refractivity contribution in [3.05, 3.63) is 54.4 Å². The van der Waals surface area contributed by atoms with Gasteiger partial charge in [0.2, 0.25) is 15.9 Å². The van der Waals surface area contributed by atoms with Crippen LogP contribution in [-0.2, 0) is 21.2 Å². The largest absolute Gasteiger partial charge is 0.368 e. The number of rotatable bonds is 6. The van der Waals surface area contributed by atoms with Gasteiger partial charge in [0, 0.05) is 50.7 Å². The number of nitrogens with one attached hydrogen (secondary N) is 1. The van der Waals surface area contributed by atoms with Crippen molar-refractivity contribution in [2.45, 2.75) is 17.7 Å². The molecule has 8 heteroatoms. The first kappa shape index (κ1) is 19.3. The minimum atomic E-state index is -3.43. The van der Waals surface area contributed by atoms with Gasteiger partial charge in [0.05, 0.1) is 4.90 Å². The van der Waals surface area contributed by atoms with Crippen LogP contribution in [0.2, 0.25) is 0 Å². The first-order valence-corrected chi connectivity index (χ1v) is 10.4. The number of carbonyl (C=O) groups excluding carboxylic acids is 1. The van der Waals surface area contributed by atoms with Crippen molar-refractivity contribution in [2.75, 3.05) is 38.1 Å². The molecule has 3 rings (SSSR count). The van der Waals surface area contributed by atoms with Gasteiger partial charge in [0.15, 0.2) is 0 Å². The Morgan fingerprint density at radius 3 is 2.26 bits per heavy atom. The summed E-state index contributed by atoms with van der Waals surface area (Å²) in [4.78, 5) is 20.9. The third kappa shape index (κ3) is 4.84. The molecule has 0 spiro atoms. The highest BCUT2D eigenvalue weighted by atomic mass is 32.2. The number of piperazine rings is 1. The number of aromatic nitrogens is 1. The fourth-order valence-electron chi connectivity index (χ4n) is 3.13. The summed E-state index contributed by atoms with van der Waals surface area (Å²) in [6, 6.07) is 10.6. The van der Waals surface area contributed by atoms with Crippen molar-refractivity contribution in [3.8, 4) is 0 Å². The Kier molecular flexibility index (Phi) is 6.08. The molecule has 1 aromatic heterocycles. The predicted octanol–water partition coefficient (Wildman–Crippen LogP) is 1.27. The van der Waals surface area contributed by atoms with E-state index in [4.69, 9.17) is 0 Å². The molecule has 0 aliphatic carbocycles. The van der Waals surface area contributed by atoms with Crippen LogP contribution in [0.3, 0.4) is 0 Å². The number of hydrogen-bond acceptors (Lipinski definition) is 5. The summed E-state index contributed by atoms with van der Waals surface area (Å²) in [6.45, 7) is 3.04. The smallest absolute Gasteiger partial charge is 0.240 e. The fraction of sp³-hybridized carbons (Fsp3) is 0.368. The van der Waals surface area contributed by atoms with Crippen molar-refractivity contribution >= 4 is 21.6 Å². The number of anilines is 1. The van der Waals surface area contributed by atoms with Crippen molar-refractivity contribution in [3.63, 3.8) is 0 Å². The molecule has 1 aliphatic heterocycles. The molecular formula is C19H24N4O3S. The lowest BCUT2D eigenvalue weighted by Crippen LogP contribution is -2.48. The van der Waals surface area contributed by atoms with E-state index in [9.17, 15) is 13.2 Å². The fourth-order valence-corrected chi connectivity index (χ4v) is 3.86. The lowest BCUT2D eigenvalue weighted by molar-refractivity contribution is -0.131. The van der Waals surface area contributed by atoms with Crippen molar-refractivity contribution < 1.29 is 13.2 Å². The molecule has 1 aliphatic rings. The molecule has 144 valence electrons. The molecule has 0 bridgehead atoms. The van der Waals surface area contributed by atoms with Gasteiger partial charge in [-0.1, -0.05) is 12.1 Å². The predicted molar refractivity (Wildman–Crippen MR) is 104 cm³/mol. The first-order chi connectivity index (χ1) is 13.0. The third-order valence-electron chi connectivity index (χ3n) is 4.79. The van der Waals surface area contributed by atoms with E-state index in [1.807, 2.05) is 17.0 Å². The minimum absolute atomic E-state index is 0.135. The molecular weight excluding hydrogens is 364 g/mol. The maximum Gasteiger partial charge on any atom is 0.240 e. The highest BCUT2D eigenvalue weighted by Gasteiger charge is 2.21. The van der Waals surface area contributed by atoms with Gasteiger partial charge in [-0.15, -0.1) is 0 Å². The second-order valence-corrected chi connectivity index (χ2v) is 8.31. The van der Waals surface area contributed by atoms with Crippen LogP contribution in [0.15, 0.2) is 53.7 Å². The Bertz CT molecular complexity index is 862. The van der Waals surface area contributed by atoms with Crippen LogP contribution in [0.4, 0.5) is 5.69 Å². The normalized spacial score (nSPS) is 15.0. The van der Waals surface area contributed by atoms with Crippen LogP contribution < -0.4 is 9.62 Å². The quantitative estimate of drug-likeness (QED) is 0.806. The van der Waals surface area contributed by atoms with Crippen molar-refractivity contribution in [1.82, 2.24) is 14.6 Å². The number of pyridine rings is 1. The van der Waals surface area contributed by atoms with Crippen LogP contribution in [0.25, 0.3) is 0 Å². The summed E-state index contributed by atoms with van der Waals surface area (Å²) in [5.41, 5.74) is 2.09. The molecule has 0 radical (unpaired) electrons. The Balaban J connectivity index is 1.49. The molecule has 2 aromatic rings. The standard InChI is InChI=1S/C19H24N4O3S/c1-20-27(25,26)18-5-2-16(3-6-18)4-7-19(24)23-14-12-22(13-15-23)17-8-10-21-11-9-17/h2-3,5-6,8-11,20H,4,7,12-15H2,1H3. The van der Waals surface area contributed by atoms with Gasteiger partial charge in [0.25, 0.3) is 0 Å². The average Bonchev–Trinajstić information content (AvgIpc) is 2.73.